The van der Waals surface area contributed by atoms with E-state index < -0.39 is 14.6 Å². The van der Waals surface area contributed by atoms with E-state index in [-0.39, 0.29) is 12.4 Å². The number of rotatable bonds is 6. The largest absolute Gasteiger partial charge is 0.381 e. The van der Waals surface area contributed by atoms with E-state index in [1.165, 1.54) is 18.4 Å². The molecule has 1 saturated heterocycles. The molecule has 1 aliphatic heterocycles. The normalized spacial score (nSPS) is 18.0. The summed E-state index contributed by atoms with van der Waals surface area (Å²) in [5.41, 5.74) is 0.877. The Hall–Kier alpha value is -1.67. The summed E-state index contributed by atoms with van der Waals surface area (Å²) in [6.07, 6.45) is 2.22. The standard InChI is InChI=1S/C17H26FN3O3S/c1-3-19-16(20-12-14-4-6-15(18)7-5-14)21-13-17(25(2,22)23)8-10-24-11-9-17/h4-7H,3,8-13H2,1-2H3,(H2,19,20,21). The third-order valence-electron chi connectivity index (χ3n) is 4.45. The quantitative estimate of drug-likeness (QED) is 0.585. The predicted molar refractivity (Wildman–Crippen MR) is 96.8 cm³/mol. The topological polar surface area (TPSA) is 79.8 Å². The van der Waals surface area contributed by atoms with Crippen LogP contribution in [0.15, 0.2) is 29.3 Å². The molecule has 2 rings (SSSR count). The van der Waals surface area contributed by atoms with Gasteiger partial charge in [-0.05, 0) is 37.5 Å². The van der Waals surface area contributed by atoms with Crippen molar-refractivity contribution in [2.45, 2.75) is 31.1 Å². The number of nitrogens with zero attached hydrogens (tertiary/aromatic N) is 1. The van der Waals surface area contributed by atoms with Crippen molar-refractivity contribution in [2.75, 3.05) is 32.6 Å². The fourth-order valence-electron chi connectivity index (χ4n) is 2.77. The van der Waals surface area contributed by atoms with E-state index in [0.717, 1.165) is 5.56 Å². The van der Waals surface area contributed by atoms with Crippen molar-refractivity contribution >= 4 is 15.8 Å². The molecule has 0 aromatic heterocycles. The van der Waals surface area contributed by atoms with Gasteiger partial charge in [0.1, 0.15) is 5.82 Å². The highest BCUT2D eigenvalue weighted by Crippen LogP contribution is 2.28. The second-order valence-corrected chi connectivity index (χ2v) is 8.65. The second-order valence-electron chi connectivity index (χ2n) is 6.24. The summed E-state index contributed by atoms with van der Waals surface area (Å²) in [5, 5.41) is 6.26. The van der Waals surface area contributed by atoms with Gasteiger partial charge >= 0.3 is 0 Å². The molecule has 1 aromatic rings. The monoisotopic (exact) mass is 371 g/mol. The highest BCUT2D eigenvalue weighted by Gasteiger charge is 2.42. The van der Waals surface area contributed by atoms with Crippen LogP contribution in [0.3, 0.4) is 0 Å². The lowest BCUT2D eigenvalue weighted by Crippen LogP contribution is -2.53. The van der Waals surface area contributed by atoms with Crippen molar-refractivity contribution < 1.29 is 17.5 Å². The van der Waals surface area contributed by atoms with Crippen LogP contribution in [0.4, 0.5) is 4.39 Å². The average molecular weight is 371 g/mol. The summed E-state index contributed by atoms with van der Waals surface area (Å²) in [5.74, 6) is 0.258. The van der Waals surface area contributed by atoms with Crippen LogP contribution in [0.1, 0.15) is 25.3 Å². The lowest BCUT2D eigenvalue weighted by molar-refractivity contribution is 0.0756. The van der Waals surface area contributed by atoms with Gasteiger partial charge in [0.15, 0.2) is 15.8 Å². The number of sulfone groups is 1. The molecule has 0 radical (unpaired) electrons. The molecule has 0 saturated carbocycles. The number of hydrogen-bond donors (Lipinski definition) is 2. The lowest BCUT2D eigenvalue weighted by atomic mass is 9.99. The molecular formula is C17H26FN3O3S. The fraction of sp³-hybridized carbons (Fsp3) is 0.588. The Labute approximate surface area is 148 Å². The van der Waals surface area contributed by atoms with Crippen LogP contribution in [0.2, 0.25) is 0 Å². The number of benzene rings is 1. The zero-order valence-corrected chi connectivity index (χ0v) is 15.5. The molecule has 140 valence electrons. The Morgan fingerprint density at radius 3 is 2.44 bits per heavy atom. The average Bonchev–Trinajstić information content (AvgIpc) is 2.58. The molecule has 0 spiro atoms. The minimum Gasteiger partial charge on any atom is -0.381 e. The number of ether oxygens (including phenoxy) is 1. The Bertz CT molecular complexity index is 684. The first kappa shape index (κ1) is 19.7. The van der Waals surface area contributed by atoms with Gasteiger partial charge in [-0.15, -0.1) is 0 Å². The molecule has 6 nitrogen and oxygen atoms in total. The molecule has 0 aliphatic carbocycles. The van der Waals surface area contributed by atoms with E-state index in [9.17, 15) is 12.8 Å². The van der Waals surface area contributed by atoms with Crippen LogP contribution >= 0.6 is 0 Å². The SMILES string of the molecule is CCNC(=NCc1ccc(F)cc1)NCC1(S(C)(=O)=O)CCOCC1. The molecule has 1 fully saturated rings. The Kier molecular flexibility index (Phi) is 6.78. The zero-order valence-electron chi connectivity index (χ0n) is 14.7. The van der Waals surface area contributed by atoms with E-state index in [1.54, 1.807) is 12.1 Å². The summed E-state index contributed by atoms with van der Waals surface area (Å²) in [7, 11) is -3.24. The number of halogens is 1. The molecule has 25 heavy (non-hydrogen) atoms. The van der Waals surface area contributed by atoms with Crippen molar-refractivity contribution in [3.05, 3.63) is 35.6 Å². The van der Waals surface area contributed by atoms with Gasteiger partial charge in [-0.1, -0.05) is 12.1 Å². The van der Waals surface area contributed by atoms with Gasteiger partial charge in [-0.2, -0.15) is 0 Å². The second kappa shape index (κ2) is 8.62. The van der Waals surface area contributed by atoms with Crippen molar-refractivity contribution in [3.63, 3.8) is 0 Å². The molecule has 0 unspecified atom stereocenters. The minimum absolute atomic E-state index is 0.282. The molecule has 0 bridgehead atoms. The van der Waals surface area contributed by atoms with Crippen LogP contribution in [0.25, 0.3) is 0 Å². The van der Waals surface area contributed by atoms with Gasteiger partial charge in [-0.3, -0.25) is 0 Å². The number of aliphatic imine (C=N–C) groups is 1. The minimum atomic E-state index is -3.24. The van der Waals surface area contributed by atoms with Gasteiger partial charge in [0, 0.05) is 32.6 Å². The van der Waals surface area contributed by atoms with Crippen LogP contribution in [-0.4, -0.2) is 51.7 Å². The highest BCUT2D eigenvalue weighted by atomic mass is 32.2. The van der Waals surface area contributed by atoms with Gasteiger partial charge in [0.05, 0.1) is 11.3 Å². The molecule has 1 heterocycles. The Morgan fingerprint density at radius 2 is 1.88 bits per heavy atom. The van der Waals surface area contributed by atoms with E-state index in [4.69, 9.17) is 4.74 Å². The molecule has 1 aromatic carbocycles. The first-order chi connectivity index (χ1) is 11.9. The lowest BCUT2D eigenvalue weighted by Gasteiger charge is -2.35. The summed E-state index contributed by atoms with van der Waals surface area (Å²) in [4.78, 5) is 4.46. The maximum absolute atomic E-state index is 13.0. The summed E-state index contributed by atoms with van der Waals surface area (Å²) in [6.45, 7) is 4.14. The highest BCUT2D eigenvalue weighted by molar-refractivity contribution is 7.92. The number of hydrogen-bond acceptors (Lipinski definition) is 4. The van der Waals surface area contributed by atoms with Crippen molar-refractivity contribution in [3.8, 4) is 0 Å². The van der Waals surface area contributed by atoms with Crippen LogP contribution < -0.4 is 10.6 Å². The van der Waals surface area contributed by atoms with Gasteiger partial charge in [0.2, 0.25) is 0 Å². The first-order valence-corrected chi connectivity index (χ1v) is 10.3. The molecule has 1 aliphatic rings. The maximum Gasteiger partial charge on any atom is 0.191 e. The number of nitrogens with one attached hydrogen (secondary N) is 2. The Balaban J connectivity index is 2.06. The Morgan fingerprint density at radius 1 is 1.24 bits per heavy atom. The molecule has 2 N–H and O–H groups in total. The zero-order chi connectivity index (χ0) is 18.3. The molecular weight excluding hydrogens is 345 g/mol. The molecule has 8 heteroatoms. The van der Waals surface area contributed by atoms with Gasteiger partial charge < -0.3 is 15.4 Å². The smallest absolute Gasteiger partial charge is 0.191 e. The number of guanidine groups is 1. The van der Waals surface area contributed by atoms with E-state index >= 15 is 0 Å². The first-order valence-electron chi connectivity index (χ1n) is 8.40. The fourth-order valence-corrected chi connectivity index (χ4v) is 4.01. The maximum atomic E-state index is 13.0. The van der Waals surface area contributed by atoms with Crippen LogP contribution in [0, 0.1) is 5.82 Å². The van der Waals surface area contributed by atoms with E-state index in [2.05, 4.69) is 15.6 Å². The third kappa shape index (κ3) is 5.40. The molecule has 0 atom stereocenters. The van der Waals surface area contributed by atoms with Crippen LogP contribution in [-0.2, 0) is 21.1 Å². The summed E-state index contributed by atoms with van der Waals surface area (Å²) >= 11 is 0. The van der Waals surface area contributed by atoms with Crippen molar-refractivity contribution in [2.24, 2.45) is 4.99 Å². The third-order valence-corrected chi connectivity index (χ3v) is 6.57. The van der Waals surface area contributed by atoms with E-state index in [0.29, 0.717) is 45.1 Å². The van der Waals surface area contributed by atoms with Gasteiger partial charge in [0.25, 0.3) is 0 Å². The van der Waals surface area contributed by atoms with Crippen molar-refractivity contribution in [1.29, 1.82) is 0 Å². The summed E-state index contributed by atoms with van der Waals surface area (Å²) < 4.78 is 42.0. The van der Waals surface area contributed by atoms with E-state index in [1.807, 2.05) is 6.92 Å². The van der Waals surface area contributed by atoms with Crippen LogP contribution in [0.5, 0.6) is 0 Å². The van der Waals surface area contributed by atoms with Crippen molar-refractivity contribution in [1.82, 2.24) is 10.6 Å². The summed E-state index contributed by atoms with van der Waals surface area (Å²) in [6, 6.07) is 6.15. The molecule has 0 amide bonds. The van der Waals surface area contributed by atoms with Gasteiger partial charge in [-0.25, -0.2) is 17.8 Å². The predicted octanol–water partition coefficient (Wildman–Crippen LogP) is 1.47.